The van der Waals surface area contributed by atoms with Crippen molar-refractivity contribution in [2.24, 2.45) is 0 Å². The van der Waals surface area contributed by atoms with Crippen molar-refractivity contribution < 1.29 is 13.2 Å². The smallest absolute Gasteiger partial charge is 0.286 e. The maximum absolute atomic E-state index is 13.2. The van der Waals surface area contributed by atoms with E-state index in [9.17, 15) is 13.2 Å². The molecule has 1 saturated heterocycles. The predicted molar refractivity (Wildman–Crippen MR) is 113 cm³/mol. The van der Waals surface area contributed by atoms with Gasteiger partial charge in [-0.05, 0) is 38.8 Å². The fourth-order valence-corrected chi connectivity index (χ4v) is 6.33. The zero-order chi connectivity index (χ0) is 21.3. The number of amides is 1. The van der Waals surface area contributed by atoms with Crippen molar-refractivity contribution in [3.05, 3.63) is 51.7 Å². The molecule has 158 valence electrons. The first-order valence-electron chi connectivity index (χ1n) is 9.58. The number of piperidine rings is 1. The molecule has 3 heterocycles. The molecule has 1 aromatic carbocycles. The van der Waals surface area contributed by atoms with Crippen LogP contribution in [0.5, 0.6) is 0 Å². The van der Waals surface area contributed by atoms with E-state index in [1.807, 2.05) is 18.2 Å². The van der Waals surface area contributed by atoms with Crippen LogP contribution in [0.3, 0.4) is 0 Å². The molecule has 0 saturated carbocycles. The molecule has 2 aromatic heterocycles. The van der Waals surface area contributed by atoms with Crippen molar-refractivity contribution >= 4 is 33.0 Å². The number of hydrogen-bond donors (Lipinski definition) is 2. The molecule has 1 fully saturated rings. The first kappa shape index (κ1) is 20.6. The van der Waals surface area contributed by atoms with Crippen molar-refractivity contribution in [2.45, 2.75) is 37.5 Å². The maximum atomic E-state index is 13.2. The lowest BCUT2D eigenvalue weighted by Gasteiger charge is -2.30. The molecule has 1 aliphatic heterocycles. The summed E-state index contributed by atoms with van der Waals surface area (Å²) in [6.07, 6.45) is 1.51. The number of aryl methyl sites for hydroxylation is 2. The van der Waals surface area contributed by atoms with Crippen molar-refractivity contribution in [3.8, 4) is 0 Å². The number of nitrogens with zero attached hydrogens (tertiary/aromatic N) is 4. The van der Waals surface area contributed by atoms with E-state index < -0.39 is 10.0 Å². The minimum absolute atomic E-state index is 0.100. The highest BCUT2D eigenvalue weighted by molar-refractivity contribution is 7.89. The Labute approximate surface area is 178 Å². The van der Waals surface area contributed by atoms with Crippen LogP contribution in [-0.2, 0) is 10.0 Å². The molecule has 30 heavy (non-hydrogen) atoms. The summed E-state index contributed by atoms with van der Waals surface area (Å²) in [5.74, 6) is -0.424. The van der Waals surface area contributed by atoms with Gasteiger partial charge in [-0.25, -0.2) is 8.42 Å². The third kappa shape index (κ3) is 4.00. The Balaban J connectivity index is 1.50. The summed E-state index contributed by atoms with van der Waals surface area (Å²) < 4.78 is 27.8. The number of carbonyl (C=O) groups excluding carboxylic acids is 1. The van der Waals surface area contributed by atoms with Crippen LogP contribution in [0.2, 0.25) is 0 Å². The van der Waals surface area contributed by atoms with Gasteiger partial charge < -0.3 is 5.32 Å². The summed E-state index contributed by atoms with van der Waals surface area (Å²) in [6.45, 7) is 4.14. The quantitative estimate of drug-likeness (QED) is 0.622. The van der Waals surface area contributed by atoms with Crippen LogP contribution in [0.15, 0.2) is 35.2 Å². The van der Waals surface area contributed by atoms with Gasteiger partial charge in [0, 0.05) is 24.7 Å². The summed E-state index contributed by atoms with van der Waals surface area (Å²) >= 11 is 1.21. The summed E-state index contributed by atoms with van der Waals surface area (Å²) in [7, 11) is -3.65. The monoisotopic (exact) mass is 446 g/mol. The van der Waals surface area contributed by atoms with E-state index in [4.69, 9.17) is 0 Å². The van der Waals surface area contributed by atoms with E-state index >= 15 is 0 Å². The van der Waals surface area contributed by atoms with Crippen molar-refractivity contribution in [1.82, 2.24) is 24.7 Å². The Morgan fingerprint density at radius 1 is 1.23 bits per heavy atom. The Bertz CT molecular complexity index is 1140. The summed E-state index contributed by atoms with van der Waals surface area (Å²) in [5.41, 5.74) is 1.68. The molecule has 1 amide bonds. The fourth-order valence-electron chi connectivity index (χ4n) is 3.61. The zero-order valence-electron chi connectivity index (χ0n) is 16.6. The number of para-hydroxylation sites is 1. The van der Waals surface area contributed by atoms with Gasteiger partial charge in [0.1, 0.15) is 9.90 Å². The number of nitrogens with one attached hydrogen (secondary N) is 2. The second-order valence-electron chi connectivity index (χ2n) is 7.23. The van der Waals surface area contributed by atoms with Gasteiger partial charge in [0.05, 0.1) is 11.4 Å². The maximum Gasteiger partial charge on any atom is 0.286 e. The summed E-state index contributed by atoms with van der Waals surface area (Å²) in [4.78, 5) is 12.7. The second kappa shape index (κ2) is 8.25. The van der Waals surface area contributed by atoms with Crippen LogP contribution in [0.25, 0.3) is 0 Å². The number of H-pyrrole nitrogens is 1. The van der Waals surface area contributed by atoms with Crippen LogP contribution < -0.4 is 5.32 Å². The molecule has 0 spiro atoms. The summed E-state index contributed by atoms with van der Waals surface area (Å²) in [5, 5.41) is 18.7. The molecule has 1 atom stereocenters. The van der Waals surface area contributed by atoms with Crippen molar-refractivity contribution in [2.75, 3.05) is 18.4 Å². The largest absolute Gasteiger partial charge is 0.320 e. The molecular weight excluding hydrogens is 424 g/mol. The Morgan fingerprint density at radius 2 is 2.00 bits per heavy atom. The number of benzene rings is 1. The molecule has 2 N–H and O–H groups in total. The van der Waals surface area contributed by atoms with Crippen LogP contribution in [-0.4, -0.2) is 52.1 Å². The highest BCUT2D eigenvalue weighted by Crippen LogP contribution is 2.33. The van der Waals surface area contributed by atoms with Gasteiger partial charge >= 0.3 is 0 Å². The molecule has 0 radical (unpaired) electrons. The Kier molecular flexibility index (Phi) is 5.67. The molecule has 9 nitrogen and oxygen atoms in total. The lowest BCUT2D eigenvalue weighted by atomic mass is 10.0. The molecule has 0 bridgehead atoms. The standard InChI is InChI=1S/C19H22N6O3S2/c1-12-16(13(2)22-21-12)30(27,28)25-10-6-7-14(11-25)18-23-24-19(29-18)17(26)20-15-8-4-3-5-9-15/h3-5,8-9,14H,6-7,10-11H2,1-2H3,(H,20,26)(H,21,22)/t14-/m0/s1. The SMILES string of the molecule is Cc1n[nH]c(C)c1S(=O)(=O)N1CCC[C@H](c2nnc(C(=O)Nc3ccccc3)s2)C1. The van der Waals surface area contributed by atoms with Gasteiger partial charge in [-0.1, -0.05) is 29.5 Å². The molecule has 11 heteroatoms. The molecule has 0 aliphatic carbocycles. The van der Waals surface area contributed by atoms with Crippen LogP contribution in [0, 0.1) is 13.8 Å². The van der Waals surface area contributed by atoms with Crippen LogP contribution in [0.1, 0.15) is 45.0 Å². The van der Waals surface area contributed by atoms with E-state index in [1.165, 1.54) is 15.6 Å². The van der Waals surface area contributed by atoms with E-state index in [0.717, 1.165) is 6.42 Å². The molecule has 4 rings (SSSR count). The van der Waals surface area contributed by atoms with E-state index in [1.54, 1.807) is 26.0 Å². The highest BCUT2D eigenvalue weighted by atomic mass is 32.2. The molecule has 3 aromatic rings. The highest BCUT2D eigenvalue weighted by Gasteiger charge is 2.35. The molecule has 1 aliphatic rings. The first-order chi connectivity index (χ1) is 14.4. The predicted octanol–water partition coefficient (Wildman–Crippen LogP) is 2.70. The Morgan fingerprint density at radius 3 is 2.70 bits per heavy atom. The fraction of sp³-hybridized carbons (Fsp3) is 0.368. The topological polar surface area (TPSA) is 121 Å². The lowest BCUT2D eigenvalue weighted by Crippen LogP contribution is -2.39. The Hall–Kier alpha value is -2.63. The van der Waals surface area contributed by atoms with E-state index in [0.29, 0.717) is 41.6 Å². The average Bonchev–Trinajstić information content (AvgIpc) is 3.36. The number of aromatic amines is 1. The molecular formula is C19H22N6O3S2. The van der Waals surface area contributed by atoms with Crippen LogP contribution in [0.4, 0.5) is 5.69 Å². The van der Waals surface area contributed by atoms with Crippen LogP contribution >= 0.6 is 11.3 Å². The number of hydrogen-bond acceptors (Lipinski definition) is 7. The van der Waals surface area contributed by atoms with Gasteiger partial charge in [0.15, 0.2) is 0 Å². The van der Waals surface area contributed by atoms with Gasteiger partial charge in [-0.15, -0.1) is 10.2 Å². The zero-order valence-corrected chi connectivity index (χ0v) is 18.3. The minimum atomic E-state index is -3.65. The van der Waals surface area contributed by atoms with Crippen molar-refractivity contribution in [3.63, 3.8) is 0 Å². The number of sulfonamides is 1. The van der Waals surface area contributed by atoms with Gasteiger partial charge in [-0.2, -0.15) is 9.40 Å². The number of carbonyl (C=O) groups is 1. The van der Waals surface area contributed by atoms with E-state index in [-0.39, 0.29) is 21.7 Å². The van der Waals surface area contributed by atoms with Crippen molar-refractivity contribution in [1.29, 1.82) is 0 Å². The lowest BCUT2D eigenvalue weighted by molar-refractivity contribution is 0.102. The van der Waals surface area contributed by atoms with Gasteiger partial charge in [0.2, 0.25) is 15.0 Å². The summed E-state index contributed by atoms with van der Waals surface area (Å²) in [6, 6.07) is 9.13. The third-order valence-corrected chi connectivity index (χ3v) is 8.27. The van der Waals surface area contributed by atoms with Gasteiger partial charge in [0.25, 0.3) is 5.91 Å². The van der Waals surface area contributed by atoms with Gasteiger partial charge in [-0.3, -0.25) is 9.89 Å². The normalized spacial score (nSPS) is 17.7. The third-order valence-electron chi connectivity index (χ3n) is 5.06. The second-order valence-corrected chi connectivity index (χ2v) is 10.1. The first-order valence-corrected chi connectivity index (χ1v) is 11.8. The number of anilines is 1. The number of rotatable bonds is 5. The molecule has 0 unspecified atom stereocenters. The minimum Gasteiger partial charge on any atom is -0.320 e. The van der Waals surface area contributed by atoms with E-state index in [2.05, 4.69) is 25.7 Å². The number of aromatic nitrogens is 4. The average molecular weight is 447 g/mol.